The lowest BCUT2D eigenvalue weighted by atomic mass is 10.2. The fourth-order valence-electron chi connectivity index (χ4n) is 1.80. The smallest absolute Gasteiger partial charge is 0.272 e. The Morgan fingerprint density at radius 1 is 1.50 bits per heavy atom. The summed E-state index contributed by atoms with van der Waals surface area (Å²) < 4.78 is 1.07. The third kappa shape index (κ3) is 3.80. The molecule has 0 unspecified atom stereocenters. The van der Waals surface area contributed by atoms with Crippen molar-refractivity contribution in [2.45, 2.75) is 13.5 Å². The molecule has 106 valence electrons. The number of thiophene rings is 1. The third-order valence-corrected chi connectivity index (χ3v) is 4.30. The summed E-state index contributed by atoms with van der Waals surface area (Å²) in [5.74, 6) is -0.0737. The van der Waals surface area contributed by atoms with Crippen LogP contribution < -0.4 is 5.32 Å². The second-order valence-electron chi connectivity index (χ2n) is 4.38. The van der Waals surface area contributed by atoms with Crippen LogP contribution >= 0.6 is 27.3 Å². The summed E-state index contributed by atoms with van der Waals surface area (Å²) >= 11 is 5.04. The fraction of sp³-hybridized carbons (Fsp3) is 0.286. The second-order valence-corrected chi connectivity index (χ2v) is 6.67. The van der Waals surface area contributed by atoms with Gasteiger partial charge >= 0.3 is 0 Å². The van der Waals surface area contributed by atoms with E-state index in [4.69, 9.17) is 0 Å². The number of rotatable bonds is 5. The molecular weight excluding hydrogens is 338 g/mol. The minimum atomic E-state index is -0.0737. The van der Waals surface area contributed by atoms with Crippen LogP contribution in [0.15, 0.2) is 33.6 Å². The maximum absolute atomic E-state index is 12.3. The normalized spacial score (nSPS) is 10.3. The van der Waals surface area contributed by atoms with E-state index in [-0.39, 0.29) is 5.91 Å². The standard InChI is InChI=1S/C14H16BrN3OS/c1-3-16-11-4-5-12(17-7-11)14(19)18(2)8-10-6-13(15)20-9-10/h4-7,9,16H,3,8H2,1-2H3. The summed E-state index contributed by atoms with van der Waals surface area (Å²) in [6, 6.07) is 5.65. The largest absolute Gasteiger partial charge is 0.384 e. The molecule has 0 spiro atoms. The lowest BCUT2D eigenvalue weighted by Gasteiger charge is -2.16. The van der Waals surface area contributed by atoms with E-state index < -0.39 is 0 Å². The van der Waals surface area contributed by atoms with Crippen LogP contribution in [0, 0.1) is 0 Å². The summed E-state index contributed by atoms with van der Waals surface area (Å²) in [6.45, 7) is 3.44. The number of hydrogen-bond acceptors (Lipinski definition) is 4. The molecule has 0 aromatic carbocycles. The van der Waals surface area contributed by atoms with Crippen LogP contribution in [-0.2, 0) is 6.54 Å². The van der Waals surface area contributed by atoms with Crippen molar-refractivity contribution < 1.29 is 4.79 Å². The van der Waals surface area contributed by atoms with Gasteiger partial charge in [0.05, 0.1) is 15.7 Å². The molecule has 0 aliphatic rings. The number of nitrogens with zero attached hydrogens (tertiary/aromatic N) is 2. The van der Waals surface area contributed by atoms with Crippen molar-refractivity contribution in [3.63, 3.8) is 0 Å². The molecule has 0 aliphatic heterocycles. The molecular formula is C14H16BrN3OS. The number of anilines is 1. The molecule has 0 aliphatic carbocycles. The van der Waals surface area contributed by atoms with Crippen molar-refractivity contribution in [1.29, 1.82) is 0 Å². The number of carbonyl (C=O) groups excluding carboxylic acids is 1. The van der Waals surface area contributed by atoms with Crippen molar-refractivity contribution in [1.82, 2.24) is 9.88 Å². The van der Waals surface area contributed by atoms with Gasteiger partial charge in [-0.1, -0.05) is 0 Å². The molecule has 0 radical (unpaired) electrons. The highest BCUT2D eigenvalue weighted by molar-refractivity contribution is 9.11. The number of pyridine rings is 1. The van der Waals surface area contributed by atoms with Crippen molar-refractivity contribution in [3.8, 4) is 0 Å². The molecule has 0 bridgehead atoms. The van der Waals surface area contributed by atoms with E-state index in [2.05, 4.69) is 26.2 Å². The second kappa shape index (κ2) is 6.85. The molecule has 1 N–H and O–H groups in total. The van der Waals surface area contributed by atoms with Crippen LogP contribution in [0.3, 0.4) is 0 Å². The Kier molecular flexibility index (Phi) is 5.14. The van der Waals surface area contributed by atoms with Crippen LogP contribution in [0.25, 0.3) is 0 Å². The highest BCUT2D eigenvalue weighted by atomic mass is 79.9. The summed E-state index contributed by atoms with van der Waals surface area (Å²) in [5.41, 5.74) is 2.50. The molecule has 0 atom stereocenters. The number of aromatic nitrogens is 1. The van der Waals surface area contributed by atoms with Crippen LogP contribution in [0.5, 0.6) is 0 Å². The number of hydrogen-bond donors (Lipinski definition) is 1. The minimum absolute atomic E-state index is 0.0737. The molecule has 4 nitrogen and oxygen atoms in total. The topological polar surface area (TPSA) is 45.2 Å². The van der Waals surface area contributed by atoms with Crippen molar-refractivity contribution in [2.24, 2.45) is 0 Å². The van der Waals surface area contributed by atoms with E-state index in [0.717, 1.165) is 21.6 Å². The Morgan fingerprint density at radius 2 is 2.30 bits per heavy atom. The monoisotopic (exact) mass is 353 g/mol. The minimum Gasteiger partial charge on any atom is -0.384 e. The zero-order chi connectivity index (χ0) is 14.5. The Labute approximate surface area is 131 Å². The summed E-state index contributed by atoms with van der Waals surface area (Å²) in [7, 11) is 1.79. The Bertz CT molecular complexity index is 582. The molecule has 2 aromatic rings. The Morgan fingerprint density at radius 3 is 2.85 bits per heavy atom. The van der Waals surface area contributed by atoms with Gasteiger partial charge < -0.3 is 10.2 Å². The zero-order valence-corrected chi connectivity index (χ0v) is 13.8. The van der Waals surface area contributed by atoms with Gasteiger partial charge in [0, 0.05) is 20.1 Å². The highest BCUT2D eigenvalue weighted by Gasteiger charge is 2.13. The van der Waals surface area contributed by atoms with E-state index in [1.165, 1.54) is 0 Å². The van der Waals surface area contributed by atoms with Gasteiger partial charge in [-0.15, -0.1) is 11.3 Å². The van der Waals surface area contributed by atoms with Gasteiger partial charge in [0.25, 0.3) is 5.91 Å². The molecule has 0 fully saturated rings. The first-order valence-electron chi connectivity index (χ1n) is 6.28. The highest BCUT2D eigenvalue weighted by Crippen LogP contribution is 2.21. The average Bonchev–Trinajstić information content (AvgIpc) is 2.84. The summed E-state index contributed by atoms with van der Waals surface area (Å²) in [5, 5.41) is 5.19. The number of carbonyl (C=O) groups is 1. The van der Waals surface area contributed by atoms with Crippen LogP contribution in [0.4, 0.5) is 5.69 Å². The Hall–Kier alpha value is -1.40. The van der Waals surface area contributed by atoms with E-state index in [1.54, 1.807) is 35.5 Å². The zero-order valence-electron chi connectivity index (χ0n) is 11.4. The van der Waals surface area contributed by atoms with E-state index in [0.29, 0.717) is 12.2 Å². The van der Waals surface area contributed by atoms with Crippen LogP contribution in [0.2, 0.25) is 0 Å². The molecule has 0 saturated carbocycles. The van der Waals surface area contributed by atoms with Gasteiger partial charge in [-0.25, -0.2) is 4.98 Å². The predicted molar refractivity (Wildman–Crippen MR) is 86.2 cm³/mol. The molecule has 0 saturated heterocycles. The third-order valence-electron chi connectivity index (χ3n) is 2.75. The number of nitrogens with one attached hydrogen (secondary N) is 1. The average molecular weight is 354 g/mol. The van der Waals surface area contributed by atoms with E-state index >= 15 is 0 Å². The molecule has 6 heteroatoms. The van der Waals surface area contributed by atoms with Gasteiger partial charge in [-0.2, -0.15) is 0 Å². The molecule has 1 amide bonds. The predicted octanol–water partition coefficient (Wildman–Crippen LogP) is 3.61. The molecule has 2 aromatic heterocycles. The molecule has 2 rings (SSSR count). The van der Waals surface area contributed by atoms with Gasteiger partial charge in [0.2, 0.25) is 0 Å². The quantitative estimate of drug-likeness (QED) is 0.892. The van der Waals surface area contributed by atoms with Gasteiger partial charge in [0.15, 0.2) is 0 Å². The SMILES string of the molecule is CCNc1ccc(C(=O)N(C)Cc2csc(Br)c2)nc1. The maximum Gasteiger partial charge on any atom is 0.272 e. The lowest BCUT2D eigenvalue weighted by Crippen LogP contribution is -2.26. The van der Waals surface area contributed by atoms with E-state index in [1.807, 2.05) is 24.4 Å². The first-order chi connectivity index (χ1) is 9.60. The number of halogens is 1. The fourth-order valence-corrected chi connectivity index (χ4v) is 3.00. The molecule has 2 heterocycles. The van der Waals surface area contributed by atoms with Gasteiger partial charge in [-0.05, 0) is 52.0 Å². The summed E-state index contributed by atoms with van der Waals surface area (Å²) in [6.07, 6.45) is 1.69. The molecule has 20 heavy (non-hydrogen) atoms. The van der Waals surface area contributed by atoms with Crippen molar-refractivity contribution in [2.75, 3.05) is 18.9 Å². The first-order valence-corrected chi connectivity index (χ1v) is 7.95. The van der Waals surface area contributed by atoms with Crippen LogP contribution in [-0.4, -0.2) is 29.4 Å². The first kappa shape index (κ1) is 15.0. The summed E-state index contributed by atoms with van der Waals surface area (Å²) in [4.78, 5) is 18.1. The van der Waals surface area contributed by atoms with E-state index in [9.17, 15) is 4.79 Å². The van der Waals surface area contributed by atoms with Gasteiger partial charge in [0.1, 0.15) is 5.69 Å². The van der Waals surface area contributed by atoms with Crippen LogP contribution in [0.1, 0.15) is 23.0 Å². The van der Waals surface area contributed by atoms with Gasteiger partial charge in [-0.3, -0.25) is 4.79 Å². The van der Waals surface area contributed by atoms with Crippen molar-refractivity contribution >= 4 is 38.9 Å². The maximum atomic E-state index is 12.3. The number of amides is 1. The Balaban J connectivity index is 2.02. The lowest BCUT2D eigenvalue weighted by molar-refractivity contribution is 0.0779. The van der Waals surface area contributed by atoms with Crippen molar-refractivity contribution in [3.05, 3.63) is 44.8 Å².